The van der Waals surface area contributed by atoms with Crippen LogP contribution < -0.4 is 5.73 Å². The predicted octanol–water partition coefficient (Wildman–Crippen LogP) is 1.84. The van der Waals surface area contributed by atoms with Gasteiger partial charge in [-0.3, -0.25) is 0 Å². The van der Waals surface area contributed by atoms with Gasteiger partial charge in [0.25, 0.3) is 0 Å². The monoisotopic (exact) mass is 283 g/mol. The first-order valence-electron chi connectivity index (χ1n) is 7.28. The van der Waals surface area contributed by atoms with Crippen LogP contribution in [0.15, 0.2) is 48.0 Å². The summed E-state index contributed by atoms with van der Waals surface area (Å²) in [7, 11) is 2.02. The highest BCUT2D eigenvalue weighted by atomic mass is 15.3. The summed E-state index contributed by atoms with van der Waals surface area (Å²) in [5.74, 6) is 0.637. The lowest BCUT2D eigenvalue weighted by Gasteiger charge is -2.16. The Kier molecular flexibility index (Phi) is 3.90. The SMILES string of the molecule is CN(C(N)=NCc1cccc(Cn2ccnc2)c1)C1CC1. The van der Waals surface area contributed by atoms with Gasteiger partial charge in [0.15, 0.2) is 5.96 Å². The average molecular weight is 283 g/mol. The molecule has 2 N–H and O–H groups in total. The van der Waals surface area contributed by atoms with Crippen LogP contribution in [0, 0.1) is 0 Å². The molecule has 0 amide bonds. The van der Waals surface area contributed by atoms with Crippen LogP contribution in [0.4, 0.5) is 0 Å². The van der Waals surface area contributed by atoms with Gasteiger partial charge in [0.2, 0.25) is 0 Å². The Morgan fingerprint density at radius 2 is 2.24 bits per heavy atom. The fourth-order valence-corrected chi connectivity index (χ4v) is 2.35. The summed E-state index contributed by atoms with van der Waals surface area (Å²) in [6.45, 7) is 1.45. The molecule has 0 unspecified atom stereocenters. The van der Waals surface area contributed by atoms with Gasteiger partial charge in [-0.2, -0.15) is 0 Å². The molecule has 1 fully saturated rings. The van der Waals surface area contributed by atoms with Gasteiger partial charge in [-0.05, 0) is 24.0 Å². The number of hydrogen-bond donors (Lipinski definition) is 1. The Balaban J connectivity index is 1.64. The van der Waals surface area contributed by atoms with E-state index in [1.807, 2.05) is 19.6 Å². The fourth-order valence-electron chi connectivity index (χ4n) is 2.35. The number of nitrogens with two attached hydrogens (primary N) is 1. The number of nitrogens with zero attached hydrogens (tertiary/aromatic N) is 4. The van der Waals surface area contributed by atoms with Gasteiger partial charge in [-0.25, -0.2) is 9.98 Å². The van der Waals surface area contributed by atoms with Crippen molar-refractivity contribution in [3.63, 3.8) is 0 Å². The summed E-state index contributed by atoms with van der Waals surface area (Å²) >= 11 is 0. The summed E-state index contributed by atoms with van der Waals surface area (Å²) in [6.07, 6.45) is 8.05. The Morgan fingerprint density at radius 3 is 2.95 bits per heavy atom. The van der Waals surface area contributed by atoms with E-state index in [2.05, 4.69) is 43.7 Å². The van der Waals surface area contributed by atoms with Crippen molar-refractivity contribution >= 4 is 5.96 Å². The standard InChI is InChI=1S/C16H21N5/c1-20(15-5-6-15)16(17)19-10-13-3-2-4-14(9-13)11-21-8-7-18-12-21/h2-4,7-9,12,15H,5-6,10-11H2,1H3,(H2,17,19). The predicted molar refractivity (Wildman–Crippen MR) is 83.9 cm³/mol. The molecule has 1 heterocycles. The Morgan fingerprint density at radius 1 is 1.43 bits per heavy atom. The van der Waals surface area contributed by atoms with Crippen molar-refractivity contribution in [1.29, 1.82) is 0 Å². The van der Waals surface area contributed by atoms with E-state index in [1.165, 1.54) is 24.0 Å². The number of hydrogen-bond acceptors (Lipinski definition) is 2. The molecule has 2 aromatic rings. The van der Waals surface area contributed by atoms with E-state index in [4.69, 9.17) is 5.73 Å². The summed E-state index contributed by atoms with van der Waals surface area (Å²) in [6, 6.07) is 9.05. The van der Waals surface area contributed by atoms with Crippen molar-refractivity contribution in [2.75, 3.05) is 7.05 Å². The molecule has 1 saturated carbocycles. The molecule has 5 heteroatoms. The van der Waals surface area contributed by atoms with Crippen molar-refractivity contribution in [2.45, 2.75) is 32.0 Å². The number of aromatic nitrogens is 2. The zero-order valence-corrected chi connectivity index (χ0v) is 12.3. The maximum Gasteiger partial charge on any atom is 0.191 e. The minimum atomic E-state index is 0.598. The van der Waals surface area contributed by atoms with Gasteiger partial charge in [0, 0.05) is 32.0 Å². The number of benzene rings is 1. The zero-order valence-electron chi connectivity index (χ0n) is 12.3. The van der Waals surface area contributed by atoms with Gasteiger partial charge in [0.05, 0.1) is 12.9 Å². The quantitative estimate of drug-likeness (QED) is 0.673. The van der Waals surface area contributed by atoms with E-state index in [1.54, 1.807) is 6.20 Å². The smallest absolute Gasteiger partial charge is 0.191 e. The Hall–Kier alpha value is -2.30. The second-order valence-electron chi connectivity index (χ2n) is 5.57. The minimum absolute atomic E-state index is 0.598. The Labute approximate surface area is 125 Å². The number of guanidine groups is 1. The molecule has 0 saturated heterocycles. The van der Waals surface area contributed by atoms with E-state index in [9.17, 15) is 0 Å². The molecule has 110 valence electrons. The van der Waals surface area contributed by atoms with Crippen molar-refractivity contribution in [3.05, 3.63) is 54.1 Å². The van der Waals surface area contributed by atoms with Crippen molar-refractivity contribution < 1.29 is 0 Å². The topological polar surface area (TPSA) is 59.4 Å². The van der Waals surface area contributed by atoms with E-state index in [-0.39, 0.29) is 0 Å². The molecule has 0 atom stereocenters. The molecule has 1 aromatic carbocycles. The van der Waals surface area contributed by atoms with E-state index >= 15 is 0 Å². The summed E-state index contributed by atoms with van der Waals surface area (Å²) in [5, 5.41) is 0. The third-order valence-electron chi connectivity index (χ3n) is 3.80. The van der Waals surface area contributed by atoms with Crippen LogP contribution in [0.1, 0.15) is 24.0 Å². The van der Waals surface area contributed by atoms with Crippen LogP contribution in [-0.4, -0.2) is 33.5 Å². The van der Waals surface area contributed by atoms with Crippen LogP contribution in [-0.2, 0) is 13.1 Å². The molecule has 3 rings (SSSR count). The van der Waals surface area contributed by atoms with Crippen LogP contribution in [0.25, 0.3) is 0 Å². The molecular weight excluding hydrogens is 262 g/mol. The first-order chi connectivity index (χ1) is 10.2. The second-order valence-corrected chi connectivity index (χ2v) is 5.57. The molecule has 0 spiro atoms. The highest BCUT2D eigenvalue weighted by Crippen LogP contribution is 2.24. The first kappa shape index (κ1) is 13.7. The van der Waals surface area contributed by atoms with Crippen LogP contribution in [0.2, 0.25) is 0 Å². The van der Waals surface area contributed by atoms with Gasteiger partial charge in [-0.1, -0.05) is 24.3 Å². The molecule has 5 nitrogen and oxygen atoms in total. The number of imidazole rings is 1. The van der Waals surface area contributed by atoms with Gasteiger partial charge in [-0.15, -0.1) is 0 Å². The molecular formula is C16H21N5. The third kappa shape index (κ3) is 3.62. The normalized spacial score (nSPS) is 15.2. The second kappa shape index (κ2) is 5.99. The van der Waals surface area contributed by atoms with Crippen LogP contribution in [0.5, 0.6) is 0 Å². The Bertz CT molecular complexity index is 613. The van der Waals surface area contributed by atoms with Crippen molar-refractivity contribution in [2.24, 2.45) is 10.7 Å². The van der Waals surface area contributed by atoms with Crippen LogP contribution >= 0.6 is 0 Å². The van der Waals surface area contributed by atoms with Crippen molar-refractivity contribution in [3.8, 4) is 0 Å². The molecule has 0 bridgehead atoms. The van der Waals surface area contributed by atoms with Crippen LogP contribution in [0.3, 0.4) is 0 Å². The lowest BCUT2D eigenvalue weighted by Crippen LogP contribution is -2.35. The average Bonchev–Trinajstić information content (AvgIpc) is 3.23. The van der Waals surface area contributed by atoms with Crippen molar-refractivity contribution in [1.82, 2.24) is 14.5 Å². The minimum Gasteiger partial charge on any atom is -0.370 e. The largest absolute Gasteiger partial charge is 0.370 e. The van der Waals surface area contributed by atoms with Gasteiger partial charge in [0.1, 0.15) is 0 Å². The highest BCUT2D eigenvalue weighted by Gasteiger charge is 2.27. The van der Waals surface area contributed by atoms with E-state index in [0.717, 1.165) is 6.54 Å². The lowest BCUT2D eigenvalue weighted by molar-refractivity contribution is 0.487. The zero-order chi connectivity index (χ0) is 14.7. The summed E-state index contributed by atoms with van der Waals surface area (Å²) in [5.41, 5.74) is 8.44. The molecule has 21 heavy (non-hydrogen) atoms. The molecule has 1 aromatic heterocycles. The lowest BCUT2D eigenvalue weighted by atomic mass is 10.1. The molecule has 0 aliphatic heterocycles. The first-order valence-corrected chi connectivity index (χ1v) is 7.28. The van der Waals surface area contributed by atoms with Gasteiger partial charge < -0.3 is 15.2 Å². The van der Waals surface area contributed by atoms with E-state index in [0.29, 0.717) is 18.5 Å². The fraction of sp³-hybridized carbons (Fsp3) is 0.375. The maximum atomic E-state index is 6.02. The third-order valence-corrected chi connectivity index (χ3v) is 3.80. The summed E-state index contributed by atoms with van der Waals surface area (Å²) in [4.78, 5) is 10.6. The molecule has 1 aliphatic carbocycles. The number of aliphatic imine (C=N–C) groups is 1. The highest BCUT2D eigenvalue weighted by molar-refractivity contribution is 5.78. The number of rotatable bonds is 5. The van der Waals surface area contributed by atoms with E-state index < -0.39 is 0 Å². The molecule has 0 radical (unpaired) electrons. The summed E-state index contributed by atoms with van der Waals surface area (Å²) < 4.78 is 2.05. The molecule has 1 aliphatic rings. The van der Waals surface area contributed by atoms with Gasteiger partial charge >= 0.3 is 0 Å². The maximum absolute atomic E-state index is 6.02.